The van der Waals surface area contributed by atoms with Crippen LogP contribution in [0.4, 0.5) is 0 Å². The van der Waals surface area contributed by atoms with Gasteiger partial charge < -0.3 is 4.90 Å². The largest absolute Gasteiger partial charge is 0.335 e. The monoisotopic (exact) mass is 371 g/mol. The smallest absolute Gasteiger partial charge is 0.272 e. The highest BCUT2D eigenvalue weighted by Crippen LogP contribution is 2.26. The maximum Gasteiger partial charge on any atom is 0.272 e. The zero-order chi connectivity index (χ0) is 18.1. The SMILES string of the molecule is O=C(c1ccccn1)N1CCN(S(=O)(=O)c2ccc3c(c2)CCC3)CC1. The van der Waals surface area contributed by atoms with E-state index in [0.29, 0.717) is 36.8 Å². The molecule has 0 atom stereocenters. The Morgan fingerprint density at radius 1 is 0.962 bits per heavy atom. The standard InChI is InChI=1S/C19H21N3O3S/c23-19(18-6-1-2-9-20-18)21-10-12-22(13-11-21)26(24,25)17-8-7-15-4-3-5-16(15)14-17/h1-2,6-9,14H,3-5,10-13H2. The van der Waals surface area contributed by atoms with Gasteiger partial charge in [-0.3, -0.25) is 9.78 Å². The average Bonchev–Trinajstić information content (AvgIpc) is 3.16. The molecule has 4 rings (SSSR count). The van der Waals surface area contributed by atoms with Gasteiger partial charge in [0.05, 0.1) is 4.90 Å². The van der Waals surface area contributed by atoms with Crippen LogP contribution in [0.25, 0.3) is 0 Å². The molecule has 7 heteroatoms. The minimum Gasteiger partial charge on any atom is -0.335 e. The lowest BCUT2D eigenvalue weighted by atomic mass is 10.1. The number of carbonyl (C=O) groups excluding carboxylic acids is 1. The molecular weight excluding hydrogens is 350 g/mol. The lowest BCUT2D eigenvalue weighted by Crippen LogP contribution is -2.50. The molecule has 1 saturated heterocycles. The molecule has 1 aliphatic heterocycles. The van der Waals surface area contributed by atoms with Crippen LogP contribution in [0.1, 0.15) is 28.0 Å². The minimum atomic E-state index is -3.52. The molecule has 2 aromatic rings. The van der Waals surface area contributed by atoms with Gasteiger partial charge in [-0.05, 0) is 54.7 Å². The quantitative estimate of drug-likeness (QED) is 0.824. The molecule has 1 aliphatic carbocycles. The van der Waals surface area contributed by atoms with Crippen molar-refractivity contribution in [2.45, 2.75) is 24.2 Å². The molecule has 26 heavy (non-hydrogen) atoms. The van der Waals surface area contributed by atoms with Crippen LogP contribution in [0.15, 0.2) is 47.5 Å². The number of aryl methyl sites for hydroxylation is 2. The predicted octanol–water partition coefficient (Wildman–Crippen LogP) is 1.72. The topological polar surface area (TPSA) is 70.6 Å². The van der Waals surface area contributed by atoms with Crippen molar-refractivity contribution in [3.8, 4) is 0 Å². The third-order valence-electron chi connectivity index (χ3n) is 5.12. The third-order valence-corrected chi connectivity index (χ3v) is 7.01. The van der Waals surface area contributed by atoms with Crippen LogP contribution in [-0.2, 0) is 22.9 Å². The maximum absolute atomic E-state index is 12.9. The first-order chi connectivity index (χ1) is 12.6. The van der Waals surface area contributed by atoms with E-state index < -0.39 is 10.0 Å². The average molecular weight is 371 g/mol. The molecule has 0 bridgehead atoms. The summed E-state index contributed by atoms with van der Waals surface area (Å²) in [5, 5.41) is 0. The van der Waals surface area contributed by atoms with E-state index in [1.54, 1.807) is 35.4 Å². The van der Waals surface area contributed by atoms with Crippen molar-refractivity contribution in [1.29, 1.82) is 0 Å². The van der Waals surface area contributed by atoms with Crippen molar-refractivity contribution in [2.75, 3.05) is 26.2 Å². The van der Waals surface area contributed by atoms with Gasteiger partial charge in [-0.2, -0.15) is 4.31 Å². The van der Waals surface area contributed by atoms with Gasteiger partial charge in [-0.15, -0.1) is 0 Å². The van der Waals surface area contributed by atoms with Gasteiger partial charge in [0.15, 0.2) is 0 Å². The molecule has 0 radical (unpaired) electrons. The second kappa shape index (κ2) is 6.81. The van der Waals surface area contributed by atoms with E-state index in [9.17, 15) is 13.2 Å². The third kappa shape index (κ3) is 3.12. The number of nitrogens with zero attached hydrogens (tertiary/aromatic N) is 3. The second-order valence-electron chi connectivity index (χ2n) is 6.70. The molecule has 6 nitrogen and oxygen atoms in total. The van der Waals surface area contributed by atoms with Gasteiger partial charge in [-0.1, -0.05) is 12.1 Å². The molecule has 0 N–H and O–H groups in total. The number of sulfonamides is 1. The molecule has 1 aromatic carbocycles. The number of hydrogen-bond donors (Lipinski definition) is 0. The van der Waals surface area contributed by atoms with Crippen molar-refractivity contribution in [1.82, 2.24) is 14.2 Å². The Balaban J connectivity index is 1.46. The number of piperazine rings is 1. The van der Waals surface area contributed by atoms with Gasteiger partial charge in [0.25, 0.3) is 5.91 Å². The lowest BCUT2D eigenvalue weighted by molar-refractivity contribution is 0.0692. The second-order valence-corrected chi connectivity index (χ2v) is 8.63. The molecule has 0 saturated carbocycles. The summed E-state index contributed by atoms with van der Waals surface area (Å²) in [7, 11) is -3.52. The van der Waals surface area contributed by atoms with Crippen molar-refractivity contribution in [2.24, 2.45) is 0 Å². The molecule has 1 fully saturated rings. The zero-order valence-electron chi connectivity index (χ0n) is 14.5. The van der Waals surface area contributed by atoms with E-state index in [2.05, 4.69) is 4.98 Å². The molecule has 1 aromatic heterocycles. The van der Waals surface area contributed by atoms with Crippen LogP contribution in [0, 0.1) is 0 Å². The number of rotatable bonds is 3. The Labute approximate surface area is 153 Å². The van der Waals surface area contributed by atoms with Crippen molar-refractivity contribution in [3.63, 3.8) is 0 Å². The van der Waals surface area contributed by atoms with Crippen LogP contribution >= 0.6 is 0 Å². The van der Waals surface area contributed by atoms with Crippen LogP contribution in [0.2, 0.25) is 0 Å². The Morgan fingerprint density at radius 3 is 2.46 bits per heavy atom. The highest BCUT2D eigenvalue weighted by atomic mass is 32.2. The first-order valence-electron chi connectivity index (χ1n) is 8.88. The number of fused-ring (bicyclic) bond motifs is 1. The first-order valence-corrected chi connectivity index (χ1v) is 10.3. The number of hydrogen-bond acceptors (Lipinski definition) is 4. The summed E-state index contributed by atoms with van der Waals surface area (Å²) in [6.07, 6.45) is 4.66. The van der Waals surface area contributed by atoms with Gasteiger partial charge >= 0.3 is 0 Å². The summed E-state index contributed by atoms with van der Waals surface area (Å²) in [6, 6.07) is 10.7. The fourth-order valence-corrected chi connectivity index (χ4v) is 5.11. The van der Waals surface area contributed by atoms with Crippen LogP contribution in [-0.4, -0.2) is 54.7 Å². The minimum absolute atomic E-state index is 0.153. The van der Waals surface area contributed by atoms with E-state index in [1.807, 2.05) is 12.1 Å². The normalized spacial score (nSPS) is 17.9. The molecule has 136 valence electrons. The summed E-state index contributed by atoms with van der Waals surface area (Å²) in [4.78, 5) is 18.6. The summed E-state index contributed by atoms with van der Waals surface area (Å²) in [5.41, 5.74) is 2.80. The summed E-state index contributed by atoms with van der Waals surface area (Å²) < 4.78 is 27.4. The number of pyridine rings is 1. The lowest BCUT2D eigenvalue weighted by Gasteiger charge is -2.33. The fourth-order valence-electron chi connectivity index (χ4n) is 3.64. The van der Waals surface area contributed by atoms with Gasteiger partial charge in [0.1, 0.15) is 5.69 Å². The summed E-state index contributed by atoms with van der Waals surface area (Å²) >= 11 is 0. The Kier molecular flexibility index (Phi) is 4.50. The van der Waals surface area contributed by atoms with E-state index >= 15 is 0 Å². The summed E-state index contributed by atoms with van der Waals surface area (Å²) in [5.74, 6) is -0.153. The highest BCUT2D eigenvalue weighted by Gasteiger charge is 2.31. The number of amides is 1. The van der Waals surface area contributed by atoms with E-state index in [-0.39, 0.29) is 5.91 Å². The van der Waals surface area contributed by atoms with Crippen molar-refractivity contribution >= 4 is 15.9 Å². The predicted molar refractivity (Wildman–Crippen MR) is 97.4 cm³/mol. The molecule has 1 amide bonds. The number of carbonyl (C=O) groups is 1. The molecule has 2 aliphatic rings. The Hall–Kier alpha value is -2.25. The maximum atomic E-state index is 12.9. The van der Waals surface area contributed by atoms with Gasteiger partial charge in [0.2, 0.25) is 10.0 Å². The Bertz CT molecular complexity index is 920. The van der Waals surface area contributed by atoms with Gasteiger partial charge in [0, 0.05) is 32.4 Å². The fraction of sp³-hybridized carbons (Fsp3) is 0.368. The first kappa shape index (κ1) is 17.2. The number of aromatic nitrogens is 1. The Morgan fingerprint density at radius 2 is 1.73 bits per heavy atom. The van der Waals surface area contributed by atoms with Gasteiger partial charge in [-0.25, -0.2) is 8.42 Å². The highest BCUT2D eigenvalue weighted by molar-refractivity contribution is 7.89. The summed E-state index contributed by atoms with van der Waals surface area (Å²) in [6.45, 7) is 1.36. The van der Waals surface area contributed by atoms with E-state index in [4.69, 9.17) is 0 Å². The van der Waals surface area contributed by atoms with Crippen molar-refractivity contribution < 1.29 is 13.2 Å². The number of benzene rings is 1. The molecule has 0 spiro atoms. The molecular formula is C19H21N3O3S. The zero-order valence-corrected chi connectivity index (χ0v) is 15.3. The van der Waals surface area contributed by atoms with Crippen LogP contribution < -0.4 is 0 Å². The van der Waals surface area contributed by atoms with Crippen LogP contribution in [0.5, 0.6) is 0 Å². The molecule has 0 unspecified atom stereocenters. The van der Waals surface area contributed by atoms with E-state index in [1.165, 1.54) is 9.87 Å². The van der Waals surface area contributed by atoms with Crippen LogP contribution in [0.3, 0.4) is 0 Å². The van der Waals surface area contributed by atoms with E-state index in [0.717, 1.165) is 24.8 Å². The van der Waals surface area contributed by atoms with Crippen molar-refractivity contribution in [3.05, 3.63) is 59.4 Å². The molecule has 2 heterocycles.